The highest BCUT2D eigenvalue weighted by Crippen LogP contribution is 2.31. The molecule has 3 heterocycles. The summed E-state index contributed by atoms with van der Waals surface area (Å²) in [6.07, 6.45) is 6.82. The Balaban J connectivity index is 1.65. The summed E-state index contributed by atoms with van der Waals surface area (Å²) in [7, 11) is 0. The average molecular weight is 364 g/mol. The average Bonchev–Trinajstić information content (AvgIpc) is 2.97. The van der Waals surface area contributed by atoms with Gasteiger partial charge >= 0.3 is 0 Å². The molecule has 0 saturated heterocycles. The second-order valence-electron chi connectivity index (χ2n) is 8.09. The number of hydrogen-bond donors (Lipinski definition) is 3. The first-order valence-electron chi connectivity index (χ1n) is 9.88. The molecule has 1 aliphatic carbocycles. The molecule has 3 aromatic heterocycles. The van der Waals surface area contributed by atoms with Crippen molar-refractivity contribution in [1.29, 1.82) is 0 Å². The van der Waals surface area contributed by atoms with Crippen LogP contribution in [0.1, 0.15) is 45.2 Å². The number of hydrogen-bond acceptors (Lipinski definition) is 5. The molecule has 1 fully saturated rings. The summed E-state index contributed by atoms with van der Waals surface area (Å²) in [5.41, 5.74) is 1.94. The Hall–Kier alpha value is -2.63. The number of anilines is 3. The van der Waals surface area contributed by atoms with Crippen LogP contribution in [0.2, 0.25) is 0 Å². The molecular formula is C21H28N6. The summed E-state index contributed by atoms with van der Waals surface area (Å²) in [6.45, 7) is 6.70. The van der Waals surface area contributed by atoms with Gasteiger partial charge in [-0.05, 0) is 43.7 Å². The Morgan fingerprint density at radius 2 is 1.85 bits per heavy atom. The summed E-state index contributed by atoms with van der Waals surface area (Å²) in [5.74, 6) is 3.90. The second-order valence-corrected chi connectivity index (χ2v) is 8.09. The van der Waals surface area contributed by atoms with E-state index in [0.29, 0.717) is 6.04 Å². The molecule has 0 bridgehead atoms. The van der Waals surface area contributed by atoms with E-state index in [9.17, 15) is 0 Å². The van der Waals surface area contributed by atoms with Gasteiger partial charge in [0.2, 0.25) is 0 Å². The van der Waals surface area contributed by atoms with E-state index >= 15 is 0 Å². The first-order valence-corrected chi connectivity index (χ1v) is 9.88. The maximum absolute atomic E-state index is 4.86. The molecule has 6 heteroatoms. The normalized spacial score (nSPS) is 23.1. The van der Waals surface area contributed by atoms with Crippen LogP contribution in [-0.2, 0) is 0 Å². The largest absolute Gasteiger partial charge is 0.367 e. The van der Waals surface area contributed by atoms with Crippen LogP contribution in [0.4, 0.5) is 17.5 Å². The minimum atomic E-state index is 0.441. The van der Waals surface area contributed by atoms with Crippen molar-refractivity contribution in [3.63, 3.8) is 0 Å². The molecule has 0 aliphatic heterocycles. The monoisotopic (exact) mass is 364 g/mol. The van der Waals surface area contributed by atoms with Gasteiger partial charge < -0.3 is 10.6 Å². The highest BCUT2D eigenvalue weighted by Gasteiger charge is 2.22. The van der Waals surface area contributed by atoms with E-state index in [0.717, 1.165) is 45.9 Å². The highest BCUT2D eigenvalue weighted by atomic mass is 15.2. The van der Waals surface area contributed by atoms with Crippen LogP contribution in [-0.4, -0.2) is 26.2 Å². The van der Waals surface area contributed by atoms with Crippen LogP contribution < -0.4 is 10.6 Å². The number of rotatable bonds is 4. The molecule has 27 heavy (non-hydrogen) atoms. The van der Waals surface area contributed by atoms with Crippen LogP contribution in [0.25, 0.3) is 10.9 Å². The predicted molar refractivity (Wildman–Crippen MR) is 110 cm³/mol. The van der Waals surface area contributed by atoms with Crippen molar-refractivity contribution in [2.45, 2.75) is 52.5 Å². The molecule has 1 aliphatic rings. The lowest BCUT2D eigenvalue weighted by atomic mass is 10.00. The van der Waals surface area contributed by atoms with E-state index in [1.807, 2.05) is 31.3 Å². The third kappa shape index (κ3) is 4.21. The Kier molecular flexibility index (Phi) is 4.97. The minimum absolute atomic E-state index is 0.441. The molecule has 1 unspecified atom stereocenters. The topological polar surface area (TPSA) is 78.5 Å². The Morgan fingerprint density at radius 3 is 2.56 bits per heavy atom. The molecule has 0 spiro atoms. The standard InChI is InChI=1S/C21H28N6/c1-13-6-7-14(2)10-16(9-13)23-21-17-5-4-8-22-18(17)12-19(25-21)24-20-11-15(3)26-27-20/h4-5,8,11-14,16H,6-7,9-10H2,1-3H3,(H3,23,24,25,26,27)/t13-,14+,16?. The smallest absolute Gasteiger partial charge is 0.153 e. The zero-order valence-electron chi connectivity index (χ0n) is 16.3. The van der Waals surface area contributed by atoms with Crippen molar-refractivity contribution in [1.82, 2.24) is 20.2 Å². The molecular weight excluding hydrogens is 336 g/mol. The van der Waals surface area contributed by atoms with Crippen molar-refractivity contribution in [3.05, 3.63) is 36.2 Å². The molecule has 0 aromatic carbocycles. The SMILES string of the molecule is Cc1cc(Nc2cc3ncccc3c(NC3C[C@H](C)CC[C@H](C)C3)n2)n[nH]1. The zero-order valence-corrected chi connectivity index (χ0v) is 16.3. The van der Waals surface area contributed by atoms with Crippen molar-refractivity contribution in [3.8, 4) is 0 Å². The van der Waals surface area contributed by atoms with Crippen LogP contribution in [0.15, 0.2) is 30.5 Å². The lowest BCUT2D eigenvalue weighted by Gasteiger charge is -2.22. The van der Waals surface area contributed by atoms with E-state index in [1.165, 1.54) is 25.7 Å². The lowest BCUT2D eigenvalue weighted by molar-refractivity contribution is 0.476. The Labute approximate surface area is 160 Å². The number of fused-ring (bicyclic) bond motifs is 1. The van der Waals surface area contributed by atoms with Crippen molar-refractivity contribution in [2.75, 3.05) is 10.6 Å². The van der Waals surface area contributed by atoms with E-state index in [-0.39, 0.29) is 0 Å². The second kappa shape index (κ2) is 7.55. The van der Waals surface area contributed by atoms with Crippen LogP contribution >= 0.6 is 0 Å². The third-order valence-electron chi connectivity index (χ3n) is 5.43. The first kappa shape index (κ1) is 17.8. The molecule has 6 nitrogen and oxygen atoms in total. The quantitative estimate of drug-likeness (QED) is 0.566. The summed E-state index contributed by atoms with van der Waals surface area (Å²) in [4.78, 5) is 9.41. The van der Waals surface area contributed by atoms with Crippen molar-refractivity contribution in [2.24, 2.45) is 11.8 Å². The molecule has 3 aromatic rings. The lowest BCUT2D eigenvalue weighted by Crippen LogP contribution is -2.23. The Bertz CT molecular complexity index is 906. The summed E-state index contributed by atoms with van der Waals surface area (Å²) in [5, 5.41) is 15.3. The highest BCUT2D eigenvalue weighted by molar-refractivity contribution is 5.91. The van der Waals surface area contributed by atoms with Gasteiger partial charge in [0.05, 0.1) is 5.52 Å². The van der Waals surface area contributed by atoms with Crippen LogP contribution in [0.5, 0.6) is 0 Å². The molecule has 3 atom stereocenters. The van der Waals surface area contributed by atoms with Crippen molar-refractivity contribution < 1.29 is 0 Å². The van der Waals surface area contributed by atoms with Gasteiger partial charge in [-0.2, -0.15) is 5.10 Å². The molecule has 4 rings (SSSR count). The minimum Gasteiger partial charge on any atom is -0.367 e. The van der Waals surface area contributed by atoms with Crippen LogP contribution in [0.3, 0.4) is 0 Å². The van der Waals surface area contributed by atoms with Gasteiger partial charge in [0.15, 0.2) is 5.82 Å². The van der Waals surface area contributed by atoms with E-state index in [2.05, 4.69) is 45.7 Å². The molecule has 3 N–H and O–H groups in total. The predicted octanol–water partition coefficient (Wildman–Crippen LogP) is 5.03. The maximum Gasteiger partial charge on any atom is 0.153 e. The van der Waals surface area contributed by atoms with E-state index < -0.39 is 0 Å². The fourth-order valence-electron chi connectivity index (χ4n) is 4.05. The van der Waals surface area contributed by atoms with Crippen molar-refractivity contribution >= 4 is 28.4 Å². The van der Waals surface area contributed by atoms with E-state index in [1.54, 1.807) is 0 Å². The number of aromatic nitrogens is 4. The van der Waals surface area contributed by atoms with Gasteiger partial charge in [-0.3, -0.25) is 10.1 Å². The summed E-state index contributed by atoms with van der Waals surface area (Å²) < 4.78 is 0. The fraction of sp³-hybridized carbons (Fsp3) is 0.476. The number of nitrogens with zero attached hydrogens (tertiary/aromatic N) is 3. The molecule has 0 amide bonds. The summed E-state index contributed by atoms with van der Waals surface area (Å²) in [6, 6.07) is 8.44. The number of H-pyrrole nitrogens is 1. The molecule has 142 valence electrons. The van der Waals surface area contributed by atoms with Gasteiger partial charge in [0, 0.05) is 35.5 Å². The number of nitrogens with one attached hydrogen (secondary N) is 3. The third-order valence-corrected chi connectivity index (χ3v) is 5.43. The van der Waals surface area contributed by atoms with Crippen LogP contribution in [0, 0.1) is 18.8 Å². The molecule has 0 radical (unpaired) electrons. The number of pyridine rings is 2. The van der Waals surface area contributed by atoms with Gasteiger partial charge in [0.1, 0.15) is 11.6 Å². The Morgan fingerprint density at radius 1 is 1.07 bits per heavy atom. The van der Waals surface area contributed by atoms with Gasteiger partial charge in [0.25, 0.3) is 0 Å². The van der Waals surface area contributed by atoms with E-state index in [4.69, 9.17) is 4.98 Å². The number of aromatic amines is 1. The van der Waals surface area contributed by atoms with Gasteiger partial charge in [-0.15, -0.1) is 0 Å². The molecule has 1 saturated carbocycles. The number of aryl methyl sites for hydroxylation is 1. The summed E-state index contributed by atoms with van der Waals surface area (Å²) >= 11 is 0. The van der Waals surface area contributed by atoms with Gasteiger partial charge in [-0.1, -0.05) is 26.7 Å². The van der Waals surface area contributed by atoms with Gasteiger partial charge in [-0.25, -0.2) is 4.98 Å². The maximum atomic E-state index is 4.86. The zero-order chi connectivity index (χ0) is 18.8. The fourth-order valence-corrected chi connectivity index (χ4v) is 4.05. The first-order chi connectivity index (χ1) is 13.1.